The lowest BCUT2D eigenvalue weighted by molar-refractivity contribution is 0.185. The summed E-state index contributed by atoms with van der Waals surface area (Å²) in [4.78, 5) is 7.40. The average molecular weight is 305 g/mol. The number of nitrogens with zero attached hydrogens (tertiary/aromatic N) is 4. The molecule has 1 N–H and O–H groups in total. The Morgan fingerprint density at radius 2 is 2.00 bits per heavy atom. The maximum absolute atomic E-state index is 4.89. The Morgan fingerprint density at radius 1 is 1.29 bits per heavy atom. The highest BCUT2D eigenvalue weighted by Gasteiger charge is 2.22. The minimum Gasteiger partial charge on any atom is -0.314 e. The second kappa shape index (κ2) is 5.87. The largest absolute Gasteiger partial charge is 0.314 e. The molecule has 1 aliphatic heterocycles. The zero-order chi connectivity index (χ0) is 15.0. The molecular weight excluding hydrogens is 282 g/mol. The molecule has 0 aromatic carbocycles. The Labute approximate surface area is 130 Å². The van der Waals surface area contributed by atoms with Gasteiger partial charge < -0.3 is 5.32 Å². The van der Waals surface area contributed by atoms with Crippen LogP contribution < -0.4 is 5.32 Å². The first-order valence-electron chi connectivity index (χ1n) is 7.48. The van der Waals surface area contributed by atoms with Gasteiger partial charge in [0.05, 0.1) is 17.4 Å². The highest BCUT2D eigenvalue weighted by atomic mass is 32.1. The summed E-state index contributed by atoms with van der Waals surface area (Å²) in [5.74, 6) is 0. The quantitative estimate of drug-likeness (QED) is 0.943. The van der Waals surface area contributed by atoms with Crippen LogP contribution >= 0.6 is 11.3 Å². The Kier molecular flexibility index (Phi) is 4.10. The number of hydrogen-bond donors (Lipinski definition) is 1. The van der Waals surface area contributed by atoms with Crippen molar-refractivity contribution in [2.75, 3.05) is 26.2 Å². The molecule has 6 heteroatoms. The van der Waals surface area contributed by atoms with Crippen LogP contribution in [0.2, 0.25) is 0 Å². The van der Waals surface area contributed by atoms with Gasteiger partial charge in [0.1, 0.15) is 5.01 Å². The highest BCUT2D eigenvalue weighted by molar-refractivity contribution is 7.10. The number of piperazine rings is 1. The maximum Gasteiger partial charge on any atom is 0.110 e. The zero-order valence-electron chi connectivity index (χ0n) is 13.2. The molecule has 0 bridgehead atoms. The first-order valence-corrected chi connectivity index (χ1v) is 8.36. The Bertz CT molecular complexity index is 624. The van der Waals surface area contributed by atoms with Gasteiger partial charge in [0.15, 0.2) is 0 Å². The molecule has 0 saturated carbocycles. The van der Waals surface area contributed by atoms with Crippen molar-refractivity contribution < 1.29 is 0 Å². The number of nitrogens with one attached hydrogen (secondary N) is 1. The van der Waals surface area contributed by atoms with Gasteiger partial charge in [-0.3, -0.25) is 9.58 Å². The fourth-order valence-corrected chi connectivity index (χ4v) is 3.86. The molecule has 3 rings (SSSR count). The Morgan fingerprint density at radius 3 is 2.62 bits per heavy atom. The van der Waals surface area contributed by atoms with Crippen LogP contribution in [-0.2, 0) is 7.05 Å². The van der Waals surface area contributed by atoms with Gasteiger partial charge in [-0.05, 0) is 20.8 Å². The van der Waals surface area contributed by atoms with E-state index in [0.29, 0.717) is 6.04 Å². The molecule has 0 radical (unpaired) electrons. The molecule has 2 aromatic rings. The lowest BCUT2D eigenvalue weighted by atomic mass is 10.1. The van der Waals surface area contributed by atoms with Crippen LogP contribution in [0.5, 0.6) is 0 Å². The third kappa shape index (κ3) is 2.75. The van der Waals surface area contributed by atoms with Crippen LogP contribution in [0.15, 0.2) is 5.38 Å². The van der Waals surface area contributed by atoms with Crippen molar-refractivity contribution in [3.8, 4) is 11.3 Å². The lowest BCUT2D eigenvalue weighted by Gasteiger charge is -2.31. The number of thiazole rings is 1. The van der Waals surface area contributed by atoms with Crippen LogP contribution in [0.4, 0.5) is 0 Å². The standard InChI is InChI=1S/C15H23N5S/c1-10-14(11(2)19(4)18-10)13-9-21-15(17-13)12(3)20-7-5-16-6-8-20/h9,12,16H,5-8H2,1-4H3. The van der Waals surface area contributed by atoms with Crippen molar-refractivity contribution in [2.24, 2.45) is 7.05 Å². The van der Waals surface area contributed by atoms with Crippen LogP contribution in [-0.4, -0.2) is 45.8 Å². The number of hydrogen-bond acceptors (Lipinski definition) is 5. The Hall–Kier alpha value is -1.24. The summed E-state index contributed by atoms with van der Waals surface area (Å²) in [6.07, 6.45) is 0. The lowest BCUT2D eigenvalue weighted by Crippen LogP contribution is -2.44. The van der Waals surface area contributed by atoms with E-state index in [2.05, 4.69) is 41.5 Å². The highest BCUT2D eigenvalue weighted by Crippen LogP contribution is 2.31. The predicted molar refractivity (Wildman–Crippen MR) is 86.6 cm³/mol. The molecule has 1 fully saturated rings. The van der Waals surface area contributed by atoms with Crippen LogP contribution in [0.1, 0.15) is 29.4 Å². The Balaban J connectivity index is 1.85. The summed E-state index contributed by atoms with van der Waals surface area (Å²) >= 11 is 1.76. The minimum atomic E-state index is 0.392. The second-order valence-electron chi connectivity index (χ2n) is 5.70. The molecule has 2 aromatic heterocycles. The van der Waals surface area contributed by atoms with E-state index in [1.54, 1.807) is 11.3 Å². The van der Waals surface area contributed by atoms with Crippen molar-refractivity contribution in [2.45, 2.75) is 26.8 Å². The molecular formula is C15H23N5S. The van der Waals surface area contributed by atoms with Gasteiger partial charge >= 0.3 is 0 Å². The van der Waals surface area contributed by atoms with Crippen molar-refractivity contribution >= 4 is 11.3 Å². The van der Waals surface area contributed by atoms with E-state index < -0.39 is 0 Å². The van der Waals surface area contributed by atoms with Crippen LogP contribution in [0.25, 0.3) is 11.3 Å². The van der Waals surface area contributed by atoms with Crippen molar-refractivity contribution in [3.05, 3.63) is 21.8 Å². The third-order valence-corrected chi connectivity index (χ3v) is 5.36. The van der Waals surface area contributed by atoms with Gasteiger partial charge in [-0.25, -0.2) is 4.98 Å². The van der Waals surface area contributed by atoms with Gasteiger partial charge in [-0.2, -0.15) is 5.10 Å². The molecule has 5 nitrogen and oxygen atoms in total. The van der Waals surface area contributed by atoms with E-state index in [1.807, 2.05) is 11.7 Å². The molecule has 21 heavy (non-hydrogen) atoms. The number of rotatable bonds is 3. The minimum absolute atomic E-state index is 0.392. The molecule has 114 valence electrons. The van der Waals surface area contributed by atoms with Crippen molar-refractivity contribution in [3.63, 3.8) is 0 Å². The first-order chi connectivity index (χ1) is 10.1. The van der Waals surface area contributed by atoms with E-state index in [0.717, 1.165) is 37.6 Å². The molecule has 0 aliphatic carbocycles. The first kappa shape index (κ1) is 14.7. The van der Waals surface area contributed by atoms with E-state index in [9.17, 15) is 0 Å². The second-order valence-corrected chi connectivity index (χ2v) is 6.59. The molecule has 1 atom stereocenters. The fraction of sp³-hybridized carbons (Fsp3) is 0.600. The number of aryl methyl sites for hydroxylation is 2. The van der Waals surface area contributed by atoms with E-state index >= 15 is 0 Å². The molecule has 1 unspecified atom stereocenters. The summed E-state index contributed by atoms with van der Waals surface area (Å²) in [6, 6.07) is 0.392. The van der Waals surface area contributed by atoms with E-state index in [-0.39, 0.29) is 0 Å². The molecule has 3 heterocycles. The average Bonchev–Trinajstić information content (AvgIpc) is 3.05. The number of aromatic nitrogens is 3. The van der Waals surface area contributed by atoms with Crippen LogP contribution in [0, 0.1) is 13.8 Å². The predicted octanol–water partition coefficient (Wildman–Crippen LogP) is 2.13. The molecule has 1 saturated heterocycles. The summed E-state index contributed by atoms with van der Waals surface area (Å²) in [7, 11) is 1.99. The van der Waals surface area contributed by atoms with Crippen LogP contribution in [0.3, 0.4) is 0 Å². The van der Waals surface area contributed by atoms with Gasteiger partial charge in [-0.1, -0.05) is 0 Å². The fourth-order valence-electron chi connectivity index (χ4n) is 2.96. The molecule has 1 aliphatic rings. The monoisotopic (exact) mass is 305 g/mol. The normalized spacial score (nSPS) is 18.1. The zero-order valence-corrected chi connectivity index (χ0v) is 14.0. The van der Waals surface area contributed by atoms with Gasteiger partial charge in [0, 0.05) is 49.9 Å². The maximum atomic E-state index is 4.89. The van der Waals surface area contributed by atoms with Gasteiger partial charge in [0.2, 0.25) is 0 Å². The van der Waals surface area contributed by atoms with E-state index in [4.69, 9.17) is 4.98 Å². The van der Waals surface area contributed by atoms with E-state index in [1.165, 1.54) is 16.3 Å². The summed E-state index contributed by atoms with van der Waals surface area (Å²) < 4.78 is 1.93. The van der Waals surface area contributed by atoms with Gasteiger partial charge in [0.25, 0.3) is 0 Å². The van der Waals surface area contributed by atoms with Gasteiger partial charge in [-0.15, -0.1) is 11.3 Å². The topological polar surface area (TPSA) is 46.0 Å². The summed E-state index contributed by atoms with van der Waals surface area (Å²) in [5, 5.41) is 11.3. The molecule has 0 spiro atoms. The van der Waals surface area contributed by atoms with Crippen molar-refractivity contribution in [1.29, 1.82) is 0 Å². The van der Waals surface area contributed by atoms with Crippen molar-refractivity contribution in [1.82, 2.24) is 25.0 Å². The SMILES string of the molecule is Cc1nn(C)c(C)c1-c1csc(C(C)N2CCNCC2)n1. The summed E-state index contributed by atoms with van der Waals surface area (Å²) in [5.41, 5.74) is 4.49. The summed E-state index contributed by atoms with van der Waals surface area (Å²) in [6.45, 7) is 10.8. The smallest absolute Gasteiger partial charge is 0.110 e. The third-order valence-electron chi connectivity index (χ3n) is 4.34. The molecule has 0 amide bonds.